The van der Waals surface area contributed by atoms with E-state index < -0.39 is 17.5 Å². The summed E-state index contributed by atoms with van der Waals surface area (Å²) < 4.78 is 0. The van der Waals surface area contributed by atoms with E-state index in [1.54, 1.807) is 13.8 Å². The molecule has 80 valence electrons. The molecule has 5 heteroatoms. The van der Waals surface area contributed by atoms with Crippen LogP contribution in [0.5, 0.6) is 0 Å². The number of carboxylic acid groups (broad SMARTS) is 1. The Kier molecular flexibility index (Phi) is 4.86. The Morgan fingerprint density at radius 2 is 1.93 bits per heavy atom. The first-order valence-electron chi connectivity index (χ1n) is 4.18. The van der Waals surface area contributed by atoms with Crippen LogP contribution in [-0.4, -0.2) is 22.6 Å². The van der Waals surface area contributed by atoms with E-state index in [0.29, 0.717) is 12.5 Å². The third-order valence-electron chi connectivity index (χ3n) is 1.56. The summed E-state index contributed by atoms with van der Waals surface area (Å²) in [7, 11) is 0. The molecule has 0 bridgehead atoms. The highest BCUT2D eigenvalue weighted by Gasteiger charge is 2.18. The first-order chi connectivity index (χ1) is 6.37. The Bertz CT molecular complexity index is 242. The lowest BCUT2D eigenvalue weighted by Crippen LogP contribution is -2.24. The standard InChI is InChI=1S/C9H14O5/c1-4-9(2,3)14-13-8(12)6-5-7(10)11/h5-6H,4H2,1-3H3,(H,10,11)/b6-5+. The maximum Gasteiger partial charge on any atom is 0.366 e. The Balaban J connectivity index is 3.92. The molecule has 0 spiro atoms. The molecule has 0 aromatic carbocycles. The van der Waals surface area contributed by atoms with Gasteiger partial charge in [0.05, 0.1) is 0 Å². The summed E-state index contributed by atoms with van der Waals surface area (Å²) in [6.07, 6.45) is 2.14. The molecule has 0 heterocycles. The highest BCUT2D eigenvalue weighted by Crippen LogP contribution is 2.13. The maximum atomic E-state index is 10.8. The second kappa shape index (κ2) is 5.39. The van der Waals surface area contributed by atoms with Gasteiger partial charge < -0.3 is 5.11 Å². The van der Waals surface area contributed by atoms with Crippen molar-refractivity contribution >= 4 is 11.9 Å². The van der Waals surface area contributed by atoms with Crippen molar-refractivity contribution in [2.45, 2.75) is 32.8 Å². The smallest absolute Gasteiger partial charge is 0.366 e. The Labute approximate surface area is 82.2 Å². The maximum absolute atomic E-state index is 10.8. The normalized spacial score (nSPS) is 11.6. The minimum absolute atomic E-state index is 0.563. The van der Waals surface area contributed by atoms with Crippen LogP contribution in [0.4, 0.5) is 0 Å². The van der Waals surface area contributed by atoms with Gasteiger partial charge >= 0.3 is 11.9 Å². The van der Waals surface area contributed by atoms with Gasteiger partial charge in [-0.3, -0.25) is 4.89 Å². The molecule has 0 saturated heterocycles. The van der Waals surface area contributed by atoms with Crippen LogP contribution in [0.3, 0.4) is 0 Å². The molecule has 14 heavy (non-hydrogen) atoms. The van der Waals surface area contributed by atoms with Gasteiger partial charge in [-0.2, -0.15) is 4.89 Å². The third-order valence-corrected chi connectivity index (χ3v) is 1.56. The first-order valence-corrected chi connectivity index (χ1v) is 4.18. The predicted octanol–water partition coefficient (Wildman–Crippen LogP) is 1.29. The molecule has 0 atom stereocenters. The van der Waals surface area contributed by atoms with E-state index in [4.69, 9.17) is 9.99 Å². The average Bonchev–Trinajstić information content (AvgIpc) is 2.11. The van der Waals surface area contributed by atoms with E-state index >= 15 is 0 Å². The molecule has 0 unspecified atom stereocenters. The van der Waals surface area contributed by atoms with Crippen LogP contribution in [0.1, 0.15) is 27.2 Å². The molecular weight excluding hydrogens is 188 g/mol. The minimum atomic E-state index is -1.21. The number of hydrogen-bond donors (Lipinski definition) is 1. The summed E-state index contributed by atoms with van der Waals surface area (Å²) in [6, 6.07) is 0. The lowest BCUT2D eigenvalue weighted by Gasteiger charge is -2.19. The van der Waals surface area contributed by atoms with Crippen LogP contribution >= 0.6 is 0 Å². The van der Waals surface area contributed by atoms with Gasteiger partial charge in [-0.1, -0.05) is 6.92 Å². The number of carboxylic acids is 1. The van der Waals surface area contributed by atoms with Crippen molar-refractivity contribution in [2.75, 3.05) is 0 Å². The van der Waals surface area contributed by atoms with Gasteiger partial charge in [-0.15, -0.1) is 0 Å². The Hall–Kier alpha value is -1.36. The van der Waals surface area contributed by atoms with Crippen LogP contribution in [0.25, 0.3) is 0 Å². The van der Waals surface area contributed by atoms with E-state index in [-0.39, 0.29) is 0 Å². The number of aliphatic carboxylic acids is 1. The van der Waals surface area contributed by atoms with Gasteiger partial charge in [0.2, 0.25) is 0 Å². The molecule has 0 radical (unpaired) electrons. The fourth-order valence-corrected chi connectivity index (χ4v) is 0.380. The van der Waals surface area contributed by atoms with Gasteiger partial charge in [-0.05, 0) is 20.3 Å². The molecule has 0 aliphatic carbocycles. The molecule has 0 amide bonds. The summed E-state index contributed by atoms with van der Waals surface area (Å²) in [5, 5.41) is 8.20. The van der Waals surface area contributed by atoms with Crippen LogP contribution < -0.4 is 0 Å². The average molecular weight is 202 g/mol. The first kappa shape index (κ1) is 12.6. The predicted molar refractivity (Wildman–Crippen MR) is 48.3 cm³/mol. The van der Waals surface area contributed by atoms with Crippen molar-refractivity contribution in [2.24, 2.45) is 0 Å². The van der Waals surface area contributed by atoms with Crippen LogP contribution in [0.2, 0.25) is 0 Å². The zero-order valence-electron chi connectivity index (χ0n) is 8.44. The number of rotatable bonds is 5. The van der Waals surface area contributed by atoms with Crippen molar-refractivity contribution in [1.82, 2.24) is 0 Å². The van der Waals surface area contributed by atoms with Crippen molar-refractivity contribution in [3.8, 4) is 0 Å². The minimum Gasteiger partial charge on any atom is -0.478 e. The van der Waals surface area contributed by atoms with Crippen LogP contribution in [-0.2, 0) is 19.4 Å². The van der Waals surface area contributed by atoms with Gasteiger partial charge in [0.15, 0.2) is 0 Å². The SMILES string of the molecule is CCC(C)(C)OOC(=O)/C=C/C(=O)O. The van der Waals surface area contributed by atoms with E-state index in [2.05, 4.69) is 4.89 Å². The van der Waals surface area contributed by atoms with Crippen molar-refractivity contribution < 1.29 is 24.5 Å². The zero-order chi connectivity index (χ0) is 11.2. The summed E-state index contributed by atoms with van der Waals surface area (Å²) >= 11 is 0. The van der Waals surface area contributed by atoms with E-state index in [9.17, 15) is 9.59 Å². The topological polar surface area (TPSA) is 72.8 Å². The molecule has 0 aromatic heterocycles. The van der Waals surface area contributed by atoms with Gasteiger partial charge in [0.25, 0.3) is 0 Å². The monoisotopic (exact) mass is 202 g/mol. The highest BCUT2D eigenvalue weighted by atomic mass is 17.2. The highest BCUT2D eigenvalue weighted by molar-refractivity contribution is 5.90. The lowest BCUT2D eigenvalue weighted by molar-refractivity contribution is -0.321. The molecule has 1 N–H and O–H groups in total. The van der Waals surface area contributed by atoms with E-state index in [1.165, 1.54) is 0 Å². The fraction of sp³-hybridized carbons (Fsp3) is 0.556. The zero-order valence-corrected chi connectivity index (χ0v) is 8.44. The van der Waals surface area contributed by atoms with Gasteiger partial charge in [-0.25, -0.2) is 9.59 Å². The van der Waals surface area contributed by atoms with Crippen LogP contribution in [0.15, 0.2) is 12.2 Å². The van der Waals surface area contributed by atoms with Gasteiger partial charge in [0, 0.05) is 12.2 Å². The second-order valence-electron chi connectivity index (χ2n) is 3.27. The third kappa shape index (κ3) is 6.19. The summed E-state index contributed by atoms with van der Waals surface area (Å²) in [4.78, 5) is 30.0. The molecule has 0 rings (SSSR count). The van der Waals surface area contributed by atoms with Gasteiger partial charge in [0.1, 0.15) is 5.60 Å². The molecule has 5 nitrogen and oxygen atoms in total. The molecule has 0 aromatic rings. The van der Waals surface area contributed by atoms with Crippen molar-refractivity contribution in [3.63, 3.8) is 0 Å². The van der Waals surface area contributed by atoms with Crippen molar-refractivity contribution in [1.29, 1.82) is 0 Å². The lowest BCUT2D eigenvalue weighted by atomic mass is 10.1. The second-order valence-corrected chi connectivity index (χ2v) is 3.27. The summed E-state index contributed by atoms with van der Waals surface area (Å²) in [6.45, 7) is 5.38. The van der Waals surface area contributed by atoms with E-state index in [1.807, 2.05) is 6.92 Å². The van der Waals surface area contributed by atoms with E-state index in [0.717, 1.165) is 6.08 Å². The number of carbonyl (C=O) groups is 2. The Morgan fingerprint density at radius 1 is 1.36 bits per heavy atom. The molecule has 0 aliphatic rings. The summed E-state index contributed by atoms with van der Waals surface area (Å²) in [5.41, 5.74) is -0.563. The number of carbonyl (C=O) groups excluding carboxylic acids is 1. The molecular formula is C9H14O5. The molecule has 0 saturated carbocycles. The number of hydrogen-bond acceptors (Lipinski definition) is 4. The Morgan fingerprint density at radius 3 is 2.36 bits per heavy atom. The molecule has 0 aliphatic heterocycles. The largest absolute Gasteiger partial charge is 0.478 e. The quantitative estimate of drug-likeness (QED) is 0.413. The summed E-state index contributed by atoms with van der Waals surface area (Å²) in [5.74, 6) is -2.05. The van der Waals surface area contributed by atoms with Crippen LogP contribution in [0, 0.1) is 0 Å². The van der Waals surface area contributed by atoms with Crippen molar-refractivity contribution in [3.05, 3.63) is 12.2 Å². The molecule has 0 fully saturated rings. The fourth-order valence-electron chi connectivity index (χ4n) is 0.380.